The normalized spacial score (nSPS) is 11.9. The van der Waals surface area contributed by atoms with Crippen LogP contribution in [0.15, 0.2) is 300 Å². The van der Waals surface area contributed by atoms with Gasteiger partial charge in [-0.2, -0.15) is 0 Å². The maximum absolute atomic E-state index is 15.3. The summed E-state index contributed by atoms with van der Waals surface area (Å²) in [5.74, 6) is 0. The summed E-state index contributed by atoms with van der Waals surface area (Å²) in [5, 5.41) is 8.57. The quantitative estimate of drug-likeness (QED) is 0.121. The van der Waals surface area contributed by atoms with E-state index in [0.29, 0.717) is 0 Å². The minimum absolute atomic E-state index is 0.759. The summed E-state index contributed by atoms with van der Waals surface area (Å²) in [7, 11) is -6.37. The van der Waals surface area contributed by atoms with Gasteiger partial charge >= 0.3 is 0 Å². The van der Waals surface area contributed by atoms with Gasteiger partial charge in [-0.15, -0.1) is 0 Å². The van der Waals surface area contributed by atoms with Gasteiger partial charge < -0.3 is 18.0 Å². The van der Waals surface area contributed by atoms with Crippen LogP contribution in [0.5, 0.6) is 0 Å². The molecule has 0 saturated carbocycles. The Labute approximate surface area is 452 Å². The minimum atomic E-state index is -3.18. The van der Waals surface area contributed by atoms with E-state index < -0.39 is 14.3 Å². The highest BCUT2D eigenvalue weighted by Gasteiger charge is 2.32. The van der Waals surface area contributed by atoms with Gasteiger partial charge in [0, 0.05) is 53.4 Å². The molecular weight excluding hydrogens is 991 g/mol. The van der Waals surface area contributed by atoms with Crippen molar-refractivity contribution >= 4 is 90.0 Å². The van der Waals surface area contributed by atoms with E-state index in [-0.39, 0.29) is 0 Å². The van der Waals surface area contributed by atoms with Crippen molar-refractivity contribution in [3.05, 3.63) is 291 Å². The third-order valence-corrected chi connectivity index (χ3v) is 21.3. The summed E-state index contributed by atoms with van der Waals surface area (Å²) < 4.78 is 43.5. The predicted octanol–water partition coefficient (Wildman–Crippen LogP) is 17.1. The second-order valence-corrected chi connectivity index (χ2v) is 25.4. The zero-order chi connectivity index (χ0) is 52.2. The van der Waals surface area contributed by atoms with Crippen LogP contribution < -0.4 is 31.8 Å². The van der Waals surface area contributed by atoms with E-state index in [1.54, 1.807) is 0 Å². The fraction of sp³-hybridized carbons (Fsp3) is 0. The number of hydrogen-bond acceptors (Lipinski definition) is 4. The molecule has 0 aliphatic carbocycles. The first-order chi connectivity index (χ1) is 38.4. The van der Waals surface area contributed by atoms with Crippen LogP contribution >= 0.6 is 14.3 Å². The van der Waals surface area contributed by atoms with Crippen molar-refractivity contribution in [1.82, 2.24) is 0 Å². The molecule has 0 aliphatic rings. The Morgan fingerprint density at radius 3 is 0.692 bits per heavy atom. The molecule has 2 aromatic heterocycles. The van der Waals surface area contributed by atoms with Crippen LogP contribution in [0, 0.1) is 0 Å². The van der Waals surface area contributed by atoms with Crippen LogP contribution in [0.2, 0.25) is 0 Å². The smallest absolute Gasteiger partial charge is 0.171 e. The summed E-state index contributed by atoms with van der Waals surface area (Å²) in [6.07, 6.45) is 0. The van der Waals surface area contributed by atoms with Crippen LogP contribution in [-0.2, 0) is 9.13 Å². The lowest BCUT2D eigenvalue weighted by molar-refractivity contribution is 0.591. The lowest BCUT2D eigenvalue weighted by Gasteiger charge is -2.20. The van der Waals surface area contributed by atoms with E-state index in [0.717, 1.165) is 131 Å². The maximum Gasteiger partial charge on any atom is 0.171 e. The molecule has 14 rings (SSSR count). The van der Waals surface area contributed by atoms with Crippen molar-refractivity contribution in [3.63, 3.8) is 0 Å². The summed E-state index contributed by atoms with van der Waals surface area (Å²) in [4.78, 5) is 0. The third-order valence-electron chi connectivity index (χ3n) is 15.2. The lowest BCUT2D eigenvalue weighted by Crippen LogP contribution is -2.24. The van der Waals surface area contributed by atoms with Gasteiger partial charge in [-0.05, 0) is 141 Å². The fourth-order valence-electron chi connectivity index (χ4n) is 11.2. The third kappa shape index (κ3) is 8.26. The molecule has 370 valence electrons. The average molecular weight is 1040 g/mol. The van der Waals surface area contributed by atoms with E-state index in [1.807, 2.05) is 158 Å². The SMILES string of the molecule is O=P(c1ccccc1)(c1ccccc1)c1ccc2oc3ccc(-c4cccc(-c5cccc(-c6cccc(-c7cccc(-c8ccc9oc%10ccc(P(=O)(c%11ccccc%11)c%11ccccc%11)cc%10c9c8)c7)c6)c5)c4)cc3c2c1. The van der Waals surface area contributed by atoms with Crippen LogP contribution in [0.1, 0.15) is 0 Å². The monoisotopic (exact) mass is 1040 g/mol. The van der Waals surface area contributed by atoms with Gasteiger partial charge in [-0.1, -0.05) is 206 Å². The zero-order valence-corrected chi connectivity index (χ0v) is 44.0. The molecule has 0 spiro atoms. The minimum Gasteiger partial charge on any atom is -0.456 e. The number of furan rings is 2. The Morgan fingerprint density at radius 1 is 0.192 bits per heavy atom. The van der Waals surface area contributed by atoms with Crippen LogP contribution in [-0.4, -0.2) is 0 Å². The molecule has 0 saturated heterocycles. The molecule has 0 radical (unpaired) electrons. The molecule has 12 aromatic carbocycles. The molecule has 0 bridgehead atoms. The topological polar surface area (TPSA) is 60.4 Å². The highest BCUT2D eigenvalue weighted by atomic mass is 31.2. The molecule has 0 N–H and O–H groups in total. The van der Waals surface area contributed by atoms with Gasteiger partial charge in [-0.3, -0.25) is 0 Å². The first-order valence-electron chi connectivity index (χ1n) is 26.2. The maximum atomic E-state index is 15.3. The first-order valence-corrected chi connectivity index (χ1v) is 29.6. The van der Waals surface area contributed by atoms with Crippen LogP contribution in [0.25, 0.3) is 99.5 Å². The Morgan fingerprint density at radius 2 is 0.423 bits per heavy atom. The number of benzene rings is 12. The molecule has 14 aromatic rings. The Kier molecular flexibility index (Phi) is 11.7. The van der Waals surface area contributed by atoms with Crippen molar-refractivity contribution in [2.24, 2.45) is 0 Å². The summed E-state index contributed by atoms with van der Waals surface area (Å²) >= 11 is 0. The number of fused-ring (bicyclic) bond motifs is 6. The predicted molar refractivity (Wildman–Crippen MR) is 327 cm³/mol. The Hall–Kier alpha value is -9.30. The van der Waals surface area contributed by atoms with Gasteiger partial charge in [0.25, 0.3) is 0 Å². The fourth-order valence-corrected chi connectivity index (χ4v) is 16.6. The molecule has 2 heterocycles. The molecule has 6 heteroatoms. The van der Waals surface area contributed by atoms with Crippen molar-refractivity contribution < 1.29 is 18.0 Å². The van der Waals surface area contributed by atoms with E-state index in [9.17, 15) is 0 Å². The highest BCUT2D eigenvalue weighted by molar-refractivity contribution is 7.85. The van der Waals surface area contributed by atoms with Crippen molar-refractivity contribution in [3.8, 4) is 55.6 Å². The molecular formula is C72H48O4P2. The standard InChI is InChI=1S/C72H48O4P2/c73-77(59-25-5-1-6-26-59,60-27-7-2-8-28-60)63-35-39-71-67(47-63)65-45-57(33-37-69(65)75-71)55-23-15-21-53(43-55)51-19-13-17-49(41-51)50-18-14-20-52(42-50)54-22-16-24-56(44-54)58-34-38-70-66(46-58)68-48-64(36-40-72(68)76-70)78(74,61-29-9-3-10-30-61)62-31-11-4-12-32-62/h1-48H. The summed E-state index contributed by atoms with van der Waals surface area (Å²) in [6, 6.07) is 98.8. The molecule has 0 atom stereocenters. The van der Waals surface area contributed by atoms with Gasteiger partial charge in [0.15, 0.2) is 14.3 Å². The lowest BCUT2D eigenvalue weighted by atomic mass is 9.93. The summed E-state index contributed by atoms with van der Waals surface area (Å²) in [6.45, 7) is 0. The average Bonchev–Trinajstić information content (AvgIpc) is 4.10. The van der Waals surface area contributed by atoms with Crippen LogP contribution in [0.3, 0.4) is 0 Å². The van der Waals surface area contributed by atoms with E-state index in [1.165, 1.54) is 0 Å². The Bertz CT molecular complexity index is 4290. The molecule has 4 nitrogen and oxygen atoms in total. The van der Waals surface area contributed by atoms with Gasteiger partial charge in [0.2, 0.25) is 0 Å². The van der Waals surface area contributed by atoms with Gasteiger partial charge in [-0.25, -0.2) is 0 Å². The summed E-state index contributed by atoms with van der Waals surface area (Å²) in [5.41, 5.74) is 14.1. The van der Waals surface area contributed by atoms with Crippen molar-refractivity contribution in [1.29, 1.82) is 0 Å². The molecule has 0 aliphatic heterocycles. The highest BCUT2D eigenvalue weighted by Crippen LogP contribution is 2.46. The van der Waals surface area contributed by atoms with E-state index in [2.05, 4.69) is 133 Å². The second-order valence-electron chi connectivity index (χ2n) is 19.9. The zero-order valence-electron chi connectivity index (χ0n) is 42.2. The number of rotatable bonds is 11. The molecule has 0 unspecified atom stereocenters. The van der Waals surface area contributed by atoms with Crippen molar-refractivity contribution in [2.45, 2.75) is 0 Å². The largest absolute Gasteiger partial charge is 0.456 e. The molecule has 78 heavy (non-hydrogen) atoms. The molecule has 0 amide bonds. The second kappa shape index (κ2) is 19.4. The van der Waals surface area contributed by atoms with E-state index >= 15 is 9.13 Å². The van der Waals surface area contributed by atoms with Crippen molar-refractivity contribution in [2.75, 3.05) is 0 Å². The number of hydrogen-bond donors (Lipinski definition) is 0. The first kappa shape index (κ1) is 47.2. The van der Waals surface area contributed by atoms with Crippen LogP contribution in [0.4, 0.5) is 0 Å². The Balaban J connectivity index is 0.759. The van der Waals surface area contributed by atoms with Gasteiger partial charge in [0.05, 0.1) is 0 Å². The van der Waals surface area contributed by atoms with E-state index in [4.69, 9.17) is 8.83 Å². The molecule has 0 fully saturated rings. The van der Waals surface area contributed by atoms with Gasteiger partial charge in [0.1, 0.15) is 22.3 Å².